The number of rotatable bonds is 4. The summed E-state index contributed by atoms with van der Waals surface area (Å²) in [6.45, 7) is 4.15. The van der Waals surface area contributed by atoms with Crippen molar-refractivity contribution in [2.45, 2.75) is 29.1 Å². The molecule has 2 heterocycles. The zero-order chi connectivity index (χ0) is 14.0. The first-order valence-corrected chi connectivity index (χ1v) is 8.11. The topological polar surface area (TPSA) is 54.8 Å². The van der Waals surface area contributed by atoms with E-state index in [1.54, 1.807) is 11.3 Å². The van der Waals surface area contributed by atoms with E-state index in [-0.39, 0.29) is 0 Å². The van der Waals surface area contributed by atoms with Gasteiger partial charge in [0.1, 0.15) is 15.5 Å². The zero-order valence-electron chi connectivity index (χ0n) is 11.1. The average molecular weight is 360 g/mol. The van der Waals surface area contributed by atoms with Crippen LogP contribution in [0.1, 0.15) is 25.6 Å². The van der Waals surface area contributed by atoms with Crippen LogP contribution in [0, 0.1) is 0 Å². The third-order valence-corrected chi connectivity index (χ3v) is 4.64. The second-order valence-corrected chi connectivity index (χ2v) is 7.42. The molecule has 0 aliphatic heterocycles. The highest BCUT2D eigenvalue weighted by molar-refractivity contribution is 9.10. The molecule has 0 amide bonds. The second kappa shape index (κ2) is 6.15. The summed E-state index contributed by atoms with van der Waals surface area (Å²) in [5.41, 5.74) is 0. The minimum absolute atomic E-state index is 0.295. The Morgan fingerprint density at radius 3 is 2.58 bits per heavy atom. The van der Waals surface area contributed by atoms with Crippen LogP contribution in [0.3, 0.4) is 0 Å². The van der Waals surface area contributed by atoms with Crippen LogP contribution in [0.15, 0.2) is 20.0 Å². The monoisotopic (exact) mass is 359 g/mol. The summed E-state index contributed by atoms with van der Waals surface area (Å²) in [4.78, 5) is 10.8. The lowest BCUT2D eigenvalue weighted by atomic mass is 10.2. The van der Waals surface area contributed by atoms with E-state index < -0.39 is 0 Å². The molecule has 0 atom stereocenters. The van der Waals surface area contributed by atoms with Gasteiger partial charge in [-0.1, -0.05) is 25.2 Å². The zero-order valence-corrected chi connectivity index (χ0v) is 14.3. The molecule has 0 saturated heterocycles. The Hall–Kier alpha value is -0.730. The SMILES string of the molecule is CC(C)c1nc(Br)cc(Sc2nnc(N(C)C)s2)n1. The van der Waals surface area contributed by atoms with Gasteiger partial charge in [-0.15, -0.1) is 10.2 Å². The molecule has 19 heavy (non-hydrogen) atoms. The van der Waals surface area contributed by atoms with Crippen molar-refractivity contribution in [3.05, 3.63) is 16.5 Å². The number of aromatic nitrogens is 4. The van der Waals surface area contributed by atoms with E-state index in [0.717, 1.165) is 24.9 Å². The summed E-state index contributed by atoms with van der Waals surface area (Å²) in [6.07, 6.45) is 0. The van der Waals surface area contributed by atoms with E-state index in [4.69, 9.17) is 0 Å². The van der Waals surface area contributed by atoms with Crippen LogP contribution in [0.25, 0.3) is 0 Å². The van der Waals surface area contributed by atoms with Gasteiger partial charge >= 0.3 is 0 Å². The summed E-state index contributed by atoms with van der Waals surface area (Å²) in [5.74, 6) is 1.12. The fourth-order valence-electron chi connectivity index (χ4n) is 1.24. The van der Waals surface area contributed by atoms with Gasteiger partial charge in [0.25, 0.3) is 0 Å². The quantitative estimate of drug-likeness (QED) is 0.779. The number of hydrogen-bond donors (Lipinski definition) is 0. The molecule has 0 N–H and O–H groups in total. The van der Waals surface area contributed by atoms with Gasteiger partial charge in [0.05, 0.1) is 0 Å². The fraction of sp³-hybridized carbons (Fsp3) is 0.455. The van der Waals surface area contributed by atoms with Gasteiger partial charge in [-0.3, -0.25) is 0 Å². The van der Waals surface area contributed by atoms with Crippen LogP contribution in [0.2, 0.25) is 0 Å². The highest BCUT2D eigenvalue weighted by Crippen LogP contribution is 2.32. The van der Waals surface area contributed by atoms with Crippen molar-refractivity contribution in [2.75, 3.05) is 19.0 Å². The van der Waals surface area contributed by atoms with E-state index in [2.05, 4.69) is 49.9 Å². The Morgan fingerprint density at radius 2 is 2.00 bits per heavy atom. The summed E-state index contributed by atoms with van der Waals surface area (Å²) in [5, 5.41) is 10.0. The summed E-state index contributed by atoms with van der Waals surface area (Å²) in [7, 11) is 3.90. The molecular weight excluding hydrogens is 346 g/mol. The lowest BCUT2D eigenvalue weighted by Gasteiger charge is -2.06. The first-order valence-electron chi connectivity index (χ1n) is 5.69. The molecule has 0 spiro atoms. The van der Waals surface area contributed by atoms with Crippen LogP contribution in [-0.4, -0.2) is 34.3 Å². The van der Waals surface area contributed by atoms with E-state index in [9.17, 15) is 0 Å². The van der Waals surface area contributed by atoms with Crippen molar-refractivity contribution >= 4 is 44.2 Å². The third-order valence-electron chi connectivity index (χ3n) is 2.18. The molecule has 8 heteroatoms. The van der Waals surface area contributed by atoms with Crippen molar-refractivity contribution < 1.29 is 0 Å². The molecule has 0 aliphatic carbocycles. The van der Waals surface area contributed by atoms with Gasteiger partial charge in [-0.05, 0) is 27.7 Å². The molecule has 0 fully saturated rings. The maximum Gasteiger partial charge on any atom is 0.208 e. The molecule has 2 aromatic heterocycles. The predicted octanol–water partition coefficient (Wildman–Crippen LogP) is 3.43. The molecule has 0 aromatic carbocycles. The van der Waals surface area contributed by atoms with Crippen molar-refractivity contribution in [1.29, 1.82) is 0 Å². The Bertz CT molecular complexity index is 570. The van der Waals surface area contributed by atoms with Crippen LogP contribution in [0.5, 0.6) is 0 Å². The lowest BCUT2D eigenvalue weighted by molar-refractivity contribution is 0.747. The van der Waals surface area contributed by atoms with Crippen molar-refractivity contribution in [2.24, 2.45) is 0 Å². The molecule has 5 nitrogen and oxygen atoms in total. The predicted molar refractivity (Wildman–Crippen MR) is 82.2 cm³/mol. The summed E-state index contributed by atoms with van der Waals surface area (Å²) < 4.78 is 1.68. The van der Waals surface area contributed by atoms with E-state index >= 15 is 0 Å². The third kappa shape index (κ3) is 3.87. The first kappa shape index (κ1) is 14.7. The van der Waals surface area contributed by atoms with E-state index in [1.807, 2.05) is 25.1 Å². The fourth-order valence-corrected chi connectivity index (χ4v) is 3.51. The smallest absolute Gasteiger partial charge is 0.208 e. The maximum atomic E-state index is 4.53. The van der Waals surface area contributed by atoms with Gasteiger partial charge in [-0.2, -0.15) is 0 Å². The van der Waals surface area contributed by atoms with E-state index in [0.29, 0.717) is 5.92 Å². The molecule has 2 aromatic rings. The molecule has 0 bridgehead atoms. The normalized spacial score (nSPS) is 11.1. The minimum atomic E-state index is 0.295. The van der Waals surface area contributed by atoms with Crippen LogP contribution < -0.4 is 4.90 Å². The Morgan fingerprint density at radius 1 is 1.26 bits per heavy atom. The Kier molecular flexibility index (Phi) is 4.75. The highest BCUT2D eigenvalue weighted by Gasteiger charge is 2.11. The number of anilines is 1. The largest absolute Gasteiger partial charge is 0.353 e. The van der Waals surface area contributed by atoms with Crippen molar-refractivity contribution in [3.63, 3.8) is 0 Å². The molecule has 0 unspecified atom stereocenters. The summed E-state index contributed by atoms with van der Waals surface area (Å²) in [6, 6.07) is 1.90. The highest BCUT2D eigenvalue weighted by atomic mass is 79.9. The maximum absolute atomic E-state index is 4.53. The van der Waals surface area contributed by atoms with Crippen LogP contribution in [0.4, 0.5) is 5.13 Å². The minimum Gasteiger partial charge on any atom is -0.353 e. The Labute approximate surface area is 129 Å². The molecule has 102 valence electrons. The van der Waals surface area contributed by atoms with Crippen LogP contribution >= 0.6 is 39.0 Å². The number of halogens is 1. The first-order chi connectivity index (χ1) is 8.95. The molecular formula is C11H14BrN5S2. The van der Waals surface area contributed by atoms with Crippen LogP contribution in [-0.2, 0) is 0 Å². The van der Waals surface area contributed by atoms with Gasteiger partial charge in [0, 0.05) is 26.1 Å². The summed E-state index contributed by atoms with van der Waals surface area (Å²) >= 11 is 6.47. The van der Waals surface area contributed by atoms with Gasteiger partial charge in [0.15, 0.2) is 4.34 Å². The average Bonchev–Trinajstić information content (AvgIpc) is 2.76. The van der Waals surface area contributed by atoms with Crippen molar-refractivity contribution in [3.8, 4) is 0 Å². The van der Waals surface area contributed by atoms with E-state index in [1.165, 1.54) is 11.8 Å². The number of hydrogen-bond acceptors (Lipinski definition) is 7. The van der Waals surface area contributed by atoms with Gasteiger partial charge < -0.3 is 4.90 Å². The molecule has 0 aliphatic rings. The second-order valence-electron chi connectivity index (χ2n) is 4.39. The molecule has 0 saturated carbocycles. The lowest BCUT2D eigenvalue weighted by Crippen LogP contribution is -2.07. The Balaban J connectivity index is 2.22. The standard InChI is InChI=1S/C11H14BrN5S2/c1-6(2)9-13-7(12)5-8(14-9)18-11-16-15-10(19-11)17(3)4/h5-6H,1-4H3. The number of nitrogens with zero attached hydrogens (tertiary/aromatic N) is 5. The van der Waals surface area contributed by atoms with Gasteiger partial charge in [0.2, 0.25) is 5.13 Å². The molecule has 0 radical (unpaired) electrons. The molecule has 2 rings (SSSR count). The van der Waals surface area contributed by atoms with Gasteiger partial charge in [-0.25, -0.2) is 9.97 Å². The van der Waals surface area contributed by atoms with Crippen molar-refractivity contribution in [1.82, 2.24) is 20.2 Å².